The molecule has 5 nitrogen and oxygen atoms in total. The largest absolute Gasteiger partial charge is 0.490 e. The van der Waals surface area contributed by atoms with Gasteiger partial charge in [-0.05, 0) is 71.5 Å². The van der Waals surface area contributed by atoms with Crippen LogP contribution in [0, 0.1) is 15.9 Å². The summed E-state index contributed by atoms with van der Waals surface area (Å²) >= 11 is 7.94. The van der Waals surface area contributed by atoms with Crippen molar-refractivity contribution in [3.63, 3.8) is 0 Å². The van der Waals surface area contributed by atoms with E-state index in [1.165, 1.54) is 6.21 Å². The minimum absolute atomic E-state index is 0.153. The topological polar surface area (TPSA) is 59.9 Å². The van der Waals surface area contributed by atoms with Crippen LogP contribution in [0.25, 0.3) is 0 Å². The van der Waals surface area contributed by atoms with E-state index in [1.54, 1.807) is 30.3 Å². The molecule has 0 aromatic heterocycles. The van der Waals surface area contributed by atoms with E-state index in [0.29, 0.717) is 28.7 Å². The Bertz CT molecular complexity index is 845. The SMILES string of the molecule is C#CCOc1c(I)cc(/C=N\NC(=O)c2ccc(Cl)cc2)cc1OCC. The summed E-state index contributed by atoms with van der Waals surface area (Å²) in [5.74, 6) is 3.26. The first-order valence-corrected chi connectivity index (χ1v) is 9.12. The quantitative estimate of drug-likeness (QED) is 0.280. The number of ether oxygens (including phenoxy) is 2. The molecule has 0 aliphatic carbocycles. The highest BCUT2D eigenvalue weighted by atomic mass is 127. The molecule has 7 heteroatoms. The Labute approximate surface area is 170 Å². The maximum absolute atomic E-state index is 12.0. The monoisotopic (exact) mass is 482 g/mol. The first kappa shape index (κ1) is 20.1. The number of hydrogen-bond donors (Lipinski definition) is 1. The first-order valence-electron chi connectivity index (χ1n) is 7.66. The van der Waals surface area contributed by atoms with Crippen LogP contribution >= 0.6 is 34.2 Å². The maximum atomic E-state index is 12.0. The molecule has 134 valence electrons. The molecule has 0 atom stereocenters. The molecule has 2 rings (SSSR count). The third-order valence-corrected chi connectivity index (χ3v) is 4.17. The number of benzene rings is 2. The summed E-state index contributed by atoms with van der Waals surface area (Å²) < 4.78 is 12.0. The first-order chi connectivity index (χ1) is 12.5. The Balaban J connectivity index is 2.12. The predicted octanol–water partition coefficient (Wildman–Crippen LogP) is 4.12. The highest BCUT2D eigenvalue weighted by Crippen LogP contribution is 2.33. The van der Waals surface area contributed by atoms with Crippen molar-refractivity contribution in [2.45, 2.75) is 6.92 Å². The minimum Gasteiger partial charge on any atom is -0.490 e. The Morgan fingerprint density at radius 1 is 1.35 bits per heavy atom. The van der Waals surface area contributed by atoms with Gasteiger partial charge in [0.25, 0.3) is 5.91 Å². The molecule has 0 saturated heterocycles. The minimum atomic E-state index is -0.327. The van der Waals surface area contributed by atoms with Crippen molar-refractivity contribution in [1.29, 1.82) is 0 Å². The molecule has 2 aromatic rings. The van der Waals surface area contributed by atoms with Crippen LogP contribution in [0.1, 0.15) is 22.8 Å². The molecule has 0 radical (unpaired) electrons. The van der Waals surface area contributed by atoms with Crippen molar-refractivity contribution >= 4 is 46.3 Å². The van der Waals surface area contributed by atoms with Gasteiger partial charge in [-0.1, -0.05) is 17.5 Å². The number of hydrogen-bond acceptors (Lipinski definition) is 4. The lowest BCUT2D eigenvalue weighted by Crippen LogP contribution is -2.17. The van der Waals surface area contributed by atoms with E-state index < -0.39 is 0 Å². The molecule has 0 heterocycles. The third kappa shape index (κ3) is 5.64. The smallest absolute Gasteiger partial charge is 0.271 e. The third-order valence-electron chi connectivity index (χ3n) is 3.12. The molecule has 26 heavy (non-hydrogen) atoms. The summed E-state index contributed by atoms with van der Waals surface area (Å²) in [5.41, 5.74) is 3.69. The zero-order chi connectivity index (χ0) is 18.9. The van der Waals surface area contributed by atoms with Gasteiger partial charge in [-0.25, -0.2) is 5.43 Å². The van der Waals surface area contributed by atoms with Gasteiger partial charge in [-0.3, -0.25) is 4.79 Å². The maximum Gasteiger partial charge on any atom is 0.271 e. The molecular weight excluding hydrogens is 467 g/mol. The zero-order valence-electron chi connectivity index (χ0n) is 14.0. The summed E-state index contributed by atoms with van der Waals surface area (Å²) in [7, 11) is 0. The van der Waals surface area contributed by atoms with Crippen molar-refractivity contribution < 1.29 is 14.3 Å². The van der Waals surface area contributed by atoms with E-state index in [2.05, 4.69) is 39.0 Å². The van der Waals surface area contributed by atoms with E-state index in [9.17, 15) is 4.79 Å². The predicted molar refractivity (Wildman–Crippen MR) is 111 cm³/mol. The van der Waals surface area contributed by atoms with Gasteiger partial charge >= 0.3 is 0 Å². The van der Waals surface area contributed by atoms with Gasteiger partial charge in [0.2, 0.25) is 0 Å². The average molecular weight is 483 g/mol. The lowest BCUT2D eigenvalue weighted by molar-refractivity contribution is 0.0955. The molecule has 0 aliphatic heterocycles. The van der Waals surface area contributed by atoms with E-state index in [0.717, 1.165) is 9.13 Å². The van der Waals surface area contributed by atoms with Crippen LogP contribution in [0.15, 0.2) is 41.5 Å². The Kier molecular flexibility index (Phi) is 7.75. The van der Waals surface area contributed by atoms with Crippen LogP contribution in [-0.2, 0) is 0 Å². The summed E-state index contributed by atoms with van der Waals surface area (Å²) in [6.07, 6.45) is 6.77. The molecule has 0 spiro atoms. The van der Waals surface area contributed by atoms with Crippen LogP contribution < -0.4 is 14.9 Å². The van der Waals surface area contributed by atoms with Crippen LogP contribution in [0.2, 0.25) is 5.02 Å². The fourth-order valence-corrected chi connectivity index (χ4v) is 2.92. The fraction of sp³-hybridized carbons (Fsp3) is 0.158. The van der Waals surface area contributed by atoms with Gasteiger partial charge in [-0.2, -0.15) is 5.10 Å². The Morgan fingerprint density at radius 2 is 2.08 bits per heavy atom. The normalized spacial score (nSPS) is 10.4. The van der Waals surface area contributed by atoms with Gasteiger partial charge in [0.1, 0.15) is 6.61 Å². The fourth-order valence-electron chi connectivity index (χ4n) is 2.01. The van der Waals surface area contributed by atoms with Crippen molar-refractivity contribution in [2.24, 2.45) is 5.10 Å². The van der Waals surface area contributed by atoms with E-state index in [4.69, 9.17) is 27.5 Å². The van der Waals surface area contributed by atoms with Crippen molar-refractivity contribution in [3.05, 3.63) is 56.1 Å². The van der Waals surface area contributed by atoms with E-state index >= 15 is 0 Å². The van der Waals surface area contributed by atoms with Gasteiger partial charge in [0.05, 0.1) is 16.4 Å². The number of halogens is 2. The standard InChI is InChI=1S/C19H16ClIN2O3/c1-3-9-26-18-16(21)10-13(11-17(18)25-4-2)12-22-23-19(24)14-5-7-15(20)8-6-14/h1,5-8,10-12H,4,9H2,2H3,(H,23,24)/b22-12-. The van der Waals surface area contributed by atoms with E-state index in [-0.39, 0.29) is 12.5 Å². The van der Waals surface area contributed by atoms with Crippen molar-refractivity contribution in [2.75, 3.05) is 13.2 Å². The molecule has 0 unspecified atom stereocenters. The van der Waals surface area contributed by atoms with Crippen LogP contribution in [-0.4, -0.2) is 25.3 Å². The zero-order valence-corrected chi connectivity index (χ0v) is 16.9. The molecule has 0 saturated carbocycles. The lowest BCUT2D eigenvalue weighted by Gasteiger charge is -2.13. The second-order valence-electron chi connectivity index (χ2n) is 4.96. The second-order valence-corrected chi connectivity index (χ2v) is 6.56. The van der Waals surface area contributed by atoms with Crippen molar-refractivity contribution in [3.8, 4) is 23.8 Å². The average Bonchev–Trinajstić information content (AvgIpc) is 2.62. The number of nitrogens with zero attached hydrogens (tertiary/aromatic N) is 1. The lowest BCUT2D eigenvalue weighted by atomic mass is 10.2. The number of carbonyl (C=O) groups is 1. The number of nitrogens with one attached hydrogen (secondary N) is 1. The number of hydrazone groups is 1. The molecule has 1 amide bonds. The number of carbonyl (C=O) groups excluding carboxylic acids is 1. The highest BCUT2D eigenvalue weighted by Gasteiger charge is 2.11. The second kappa shape index (κ2) is 10.0. The molecule has 0 aliphatic rings. The molecule has 0 fully saturated rings. The van der Waals surface area contributed by atoms with Gasteiger partial charge in [0, 0.05) is 10.6 Å². The Hall–Kier alpha value is -2.24. The summed E-state index contributed by atoms with van der Waals surface area (Å²) in [5, 5.41) is 4.55. The van der Waals surface area contributed by atoms with Crippen LogP contribution in [0.4, 0.5) is 0 Å². The summed E-state index contributed by atoms with van der Waals surface area (Å²) in [6, 6.07) is 10.2. The van der Waals surface area contributed by atoms with Crippen LogP contribution in [0.5, 0.6) is 11.5 Å². The van der Waals surface area contributed by atoms with Gasteiger partial charge in [-0.15, -0.1) is 6.42 Å². The number of terminal acetylenes is 1. The van der Waals surface area contributed by atoms with Gasteiger partial charge < -0.3 is 9.47 Å². The highest BCUT2D eigenvalue weighted by molar-refractivity contribution is 14.1. The summed E-state index contributed by atoms with van der Waals surface area (Å²) in [6.45, 7) is 2.52. The van der Waals surface area contributed by atoms with E-state index in [1.807, 2.05) is 13.0 Å². The van der Waals surface area contributed by atoms with Crippen LogP contribution in [0.3, 0.4) is 0 Å². The number of rotatable bonds is 7. The number of amides is 1. The Morgan fingerprint density at radius 3 is 2.73 bits per heavy atom. The van der Waals surface area contributed by atoms with Crippen molar-refractivity contribution in [1.82, 2.24) is 5.43 Å². The molecule has 1 N–H and O–H groups in total. The molecular formula is C19H16ClIN2O3. The summed E-state index contributed by atoms with van der Waals surface area (Å²) in [4.78, 5) is 12.0. The van der Waals surface area contributed by atoms with Gasteiger partial charge in [0.15, 0.2) is 11.5 Å². The molecule has 0 bridgehead atoms. The molecule has 2 aromatic carbocycles.